The van der Waals surface area contributed by atoms with E-state index in [0.29, 0.717) is 17.8 Å². The highest BCUT2D eigenvalue weighted by atomic mass is 79.9. The van der Waals surface area contributed by atoms with Gasteiger partial charge in [-0.15, -0.1) is 5.10 Å². The second-order valence-corrected chi connectivity index (χ2v) is 4.39. The second-order valence-electron chi connectivity index (χ2n) is 2.82. The fourth-order valence-electron chi connectivity index (χ4n) is 1.14. The number of nitrogen functional groups attached to an aromatic ring is 1. The van der Waals surface area contributed by atoms with Crippen LogP contribution in [0.15, 0.2) is 21.1 Å². The van der Waals surface area contributed by atoms with Crippen LogP contribution >= 0.6 is 27.3 Å². The number of rotatable bonds is 3. The zero-order valence-corrected chi connectivity index (χ0v) is 10.0. The molecule has 15 heavy (non-hydrogen) atoms. The van der Waals surface area contributed by atoms with E-state index in [1.165, 1.54) is 11.3 Å². The fraction of sp³-hybridized carbons (Fsp3) is 0.286. The third-order valence-electron chi connectivity index (χ3n) is 1.84. The Labute approximate surface area is 97.5 Å². The molecule has 0 spiro atoms. The van der Waals surface area contributed by atoms with Crippen molar-refractivity contribution in [2.75, 3.05) is 5.73 Å². The average Bonchev–Trinajstić information content (AvgIpc) is 2.70. The van der Waals surface area contributed by atoms with Gasteiger partial charge in [0.15, 0.2) is 4.73 Å². The van der Waals surface area contributed by atoms with Crippen LogP contribution in [-0.4, -0.2) is 19.3 Å². The first-order valence-corrected chi connectivity index (χ1v) is 5.84. The fourth-order valence-corrected chi connectivity index (χ4v) is 2.19. The highest BCUT2D eigenvalue weighted by Crippen LogP contribution is 2.07. The van der Waals surface area contributed by atoms with Crippen molar-refractivity contribution in [3.05, 3.63) is 26.0 Å². The number of aryl methyl sites for hydroxylation is 2. The molecule has 2 heterocycles. The van der Waals surface area contributed by atoms with Crippen molar-refractivity contribution in [3.8, 4) is 0 Å². The van der Waals surface area contributed by atoms with E-state index in [1.54, 1.807) is 20.8 Å². The smallest absolute Gasteiger partial charge is 0.307 e. The Morgan fingerprint density at radius 1 is 1.53 bits per heavy atom. The molecule has 0 bridgehead atoms. The van der Waals surface area contributed by atoms with Crippen LogP contribution in [0.25, 0.3) is 0 Å². The zero-order chi connectivity index (χ0) is 10.8. The molecule has 0 aliphatic heterocycles. The number of nitrogens with zero attached hydrogens (tertiary/aromatic N) is 4. The molecule has 0 fully saturated rings. The van der Waals surface area contributed by atoms with Crippen molar-refractivity contribution in [2.45, 2.75) is 13.1 Å². The number of nitrogens with two attached hydrogens (primary N) is 1. The van der Waals surface area contributed by atoms with Gasteiger partial charge in [0, 0.05) is 18.1 Å². The quantitative estimate of drug-likeness (QED) is 0.895. The first-order valence-electron chi connectivity index (χ1n) is 4.16. The molecule has 0 saturated carbocycles. The molecule has 0 radical (unpaired) electrons. The molecule has 2 aromatic heterocycles. The molecule has 6 nitrogen and oxygen atoms in total. The van der Waals surface area contributed by atoms with E-state index < -0.39 is 0 Å². The van der Waals surface area contributed by atoms with Gasteiger partial charge in [0.25, 0.3) is 0 Å². The molecule has 0 amide bonds. The topological polar surface area (TPSA) is 78.7 Å². The normalized spacial score (nSPS) is 10.7. The van der Waals surface area contributed by atoms with Gasteiger partial charge in [0.1, 0.15) is 0 Å². The van der Waals surface area contributed by atoms with Gasteiger partial charge in [0.2, 0.25) is 5.95 Å². The standard InChI is InChI=1S/C7H8BrN5OS/c8-5-10-6(9)11-13(5)2-1-12-3-4-15-7(12)14/h3-4H,1-2H2,(H2,9,11). The van der Waals surface area contributed by atoms with Crippen molar-refractivity contribution >= 4 is 33.2 Å². The lowest BCUT2D eigenvalue weighted by Crippen LogP contribution is -2.16. The maximum absolute atomic E-state index is 11.2. The van der Waals surface area contributed by atoms with Gasteiger partial charge >= 0.3 is 4.87 Å². The Kier molecular flexibility index (Phi) is 2.87. The van der Waals surface area contributed by atoms with Gasteiger partial charge in [-0.05, 0) is 15.9 Å². The van der Waals surface area contributed by atoms with E-state index in [9.17, 15) is 4.79 Å². The molecule has 0 aliphatic rings. The predicted molar refractivity (Wildman–Crippen MR) is 60.7 cm³/mol. The van der Waals surface area contributed by atoms with Crippen molar-refractivity contribution in [2.24, 2.45) is 0 Å². The summed E-state index contributed by atoms with van der Waals surface area (Å²) in [5, 5.41) is 5.72. The van der Waals surface area contributed by atoms with Gasteiger partial charge in [-0.3, -0.25) is 4.79 Å². The number of hydrogen-bond acceptors (Lipinski definition) is 5. The summed E-state index contributed by atoms with van der Waals surface area (Å²) in [6.45, 7) is 1.12. The largest absolute Gasteiger partial charge is 0.366 e. The van der Waals surface area contributed by atoms with Crippen LogP contribution < -0.4 is 10.6 Å². The van der Waals surface area contributed by atoms with E-state index in [1.807, 2.05) is 0 Å². The highest BCUT2D eigenvalue weighted by molar-refractivity contribution is 9.10. The minimum atomic E-state index is 0.0270. The first-order chi connectivity index (χ1) is 7.16. The number of thiazole rings is 1. The molecule has 0 atom stereocenters. The Morgan fingerprint density at radius 3 is 2.87 bits per heavy atom. The van der Waals surface area contributed by atoms with E-state index in [0.717, 1.165) is 0 Å². The van der Waals surface area contributed by atoms with Gasteiger partial charge < -0.3 is 10.3 Å². The van der Waals surface area contributed by atoms with E-state index in [2.05, 4.69) is 26.0 Å². The second kappa shape index (κ2) is 4.15. The zero-order valence-electron chi connectivity index (χ0n) is 7.63. The van der Waals surface area contributed by atoms with Crippen LogP contribution in [0.1, 0.15) is 0 Å². The molecular weight excluding hydrogens is 282 g/mol. The summed E-state index contributed by atoms with van der Waals surface area (Å²) in [4.78, 5) is 15.2. The Balaban J connectivity index is 2.08. The summed E-state index contributed by atoms with van der Waals surface area (Å²) in [6.07, 6.45) is 1.75. The Hall–Kier alpha value is -1.15. The number of anilines is 1. The van der Waals surface area contributed by atoms with Gasteiger partial charge in [0.05, 0.1) is 6.54 Å². The molecule has 80 valence electrons. The highest BCUT2D eigenvalue weighted by Gasteiger charge is 2.04. The summed E-state index contributed by atoms with van der Waals surface area (Å²) >= 11 is 4.40. The minimum absolute atomic E-state index is 0.0270. The van der Waals surface area contributed by atoms with Crippen LogP contribution in [0, 0.1) is 0 Å². The molecule has 2 aromatic rings. The molecular formula is C7H8BrN5OS. The molecule has 8 heteroatoms. The van der Waals surface area contributed by atoms with E-state index in [-0.39, 0.29) is 10.8 Å². The summed E-state index contributed by atoms with van der Waals surface area (Å²) in [6, 6.07) is 0. The molecule has 2 N–H and O–H groups in total. The van der Waals surface area contributed by atoms with Crippen LogP contribution in [0.2, 0.25) is 0 Å². The van der Waals surface area contributed by atoms with Crippen LogP contribution in [0.4, 0.5) is 5.95 Å². The lowest BCUT2D eigenvalue weighted by Gasteiger charge is -2.01. The van der Waals surface area contributed by atoms with Crippen LogP contribution in [0.3, 0.4) is 0 Å². The summed E-state index contributed by atoms with van der Waals surface area (Å²) < 4.78 is 3.80. The maximum atomic E-state index is 11.2. The number of aromatic nitrogens is 4. The number of halogens is 1. The van der Waals surface area contributed by atoms with E-state index >= 15 is 0 Å². The average molecular weight is 290 g/mol. The van der Waals surface area contributed by atoms with Crippen molar-refractivity contribution in [1.82, 2.24) is 19.3 Å². The van der Waals surface area contributed by atoms with Crippen molar-refractivity contribution in [3.63, 3.8) is 0 Å². The first kappa shape index (κ1) is 10.4. The lowest BCUT2D eigenvalue weighted by atomic mass is 10.6. The van der Waals surface area contributed by atoms with Crippen LogP contribution in [-0.2, 0) is 13.1 Å². The Bertz CT molecular complexity index is 515. The Morgan fingerprint density at radius 2 is 2.33 bits per heavy atom. The lowest BCUT2D eigenvalue weighted by molar-refractivity contribution is 0.521. The van der Waals surface area contributed by atoms with Gasteiger partial charge in [-0.25, -0.2) is 4.68 Å². The summed E-state index contributed by atoms with van der Waals surface area (Å²) in [7, 11) is 0. The van der Waals surface area contributed by atoms with Gasteiger partial charge in [-0.1, -0.05) is 11.3 Å². The van der Waals surface area contributed by atoms with Crippen LogP contribution in [0.5, 0.6) is 0 Å². The molecule has 0 unspecified atom stereocenters. The maximum Gasteiger partial charge on any atom is 0.307 e. The SMILES string of the molecule is Nc1nc(Br)n(CCn2ccsc2=O)n1. The van der Waals surface area contributed by atoms with Crippen molar-refractivity contribution < 1.29 is 0 Å². The van der Waals surface area contributed by atoms with Gasteiger partial charge in [-0.2, -0.15) is 4.98 Å². The third-order valence-corrected chi connectivity index (χ3v) is 3.12. The number of hydrogen-bond donors (Lipinski definition) is 1. The summed E-state index contributed by atoms with van der Waals surface area (Å²) in [5.74, 6) is 0.222. The van der Waals surface area contributed by atoms with E-state index in [4.69, 9.17) is 5.73 Å². The third kappa shape index (κ3) is 2.26. The monoisotopic (exact) mass is 289 g/mol. The van der Waals surface area contributed by atoms with Crippen molar-refractivity contribution in [1.29, 1.82) is 0 Å². The predicted octanol–water partition coefficient (Wildman–Crippen LogP) is 0.546. The summed E-state index contributed by atoms with van der Waals surface area (Å²) in [5.41, 5.74) is 5.42. The molecule has 2 rings (SSSR count). The molecule has 0 aliphatic carbocycles. The molecule has 0 aromatic carbocycles. The molecule has 0 saturated heterocycles. The minimum Gasteiger partial charge on any atom is -0.366 e.